The maximum Gasteiger partial charge on any atom is 0.0521 e. The molecule has 0 heterocycles. The Morgan fingerprint density at radius 3 is 2.00 bits per heavy atom. The van der Waals surface area contributed by atoms with Gasteiger partial charge in [0.1, 0.15) is 0 Å². The van der Waals surface area contributed by atoms with Gasteiger partial charge in [-0.05, 0) is 11.3 Å². The summed E-state index contributed by atoms with van der Waals surface area (Å²) in [6.45, 7) is 11.6. The van der Waals surface area contributed by atoms with Crippen LogP contribution in [0, 0.1) is 11.3 Å². The summed E-state index contributed by atoms with van der Waals surface area (Å²) in [5.74, 6) is 1.54. The largest absolute Gasteiger partial charge is 0.396 e. The second-order valence-corrected chi connectivity index (χ2v) is 5.87. The fraction of sp³-hybridized carbons (Fsp3) is 1.00. The summed E-state index contributed by atoms with van der Waals surface area (Å²) in [5, 5.41) is 9.39. The smallest absolute Gasteiger partial charge is 0.0521 e. The van der Waals surface area contributed by atoms with Gasteiger partial charge >= 0.3 is 0 Å². The summed E-state index contributed by atoms with van der Waals surface area (Å²) >= 11 is 1.89. The Morgan fingerprint density at radius 1 is 1.25 bits per heavy atom. The lowest BCUT2D eigenvalue weighted by Gasteiger charge is -2.33. The van der Waals surface area contributed by atoms with Crippen LogP contribution in [0.1, 0.15) is 34.6 Å². The van der Waals surface area contributed by atoms with Crippen LogP contribution >= 0.6 is 11.8 Å². The normalized spacial score (nSPS) is 15.2. The molecule has 1 unspecified atom stereocenters. The Morgan fingerprint density at radius 2 is 1.75 bits per heavy atom. The molecule has 0 aliphatic carbocycles. The average molecular weight is 190 g/mol. The molecule has 0 aliphatic rings. The van der Waals surface area contributed by atoms with E-state index in [4.69, 9.17) is 5.11 Å². The first-order chi connectivity index (χ1) is 5.39. The van der Waals surface area contributed by atoms with Gasteiger partial charge in [-0.15, -0.1) is 0 Å². The quantitative estimate of drug-likeness (QED) is 0.735. The van der Waals surface area contributed by atoms with E-state index in [2.05, 4.69) is 34.6 Å². The van der Waals surface area contributed by atoms with Crippen LogP contribution in [0.3, 0.4) is 0 Å². The molecule has 12 heavy (non-hydrogen) atoms. The van der Waals surface area contributed by atoms with E-state index in [1.165, 1.54) is 0 Å². The zero-order chi connectivity index (χ0) is 9.78. The third kappa shape index (κ3) is 4.36. The van der Waals surface area contributed by atoms with Crippen LogP contribution in [0.2, 0.25) is 0 Å². The van der Waals surface area contributed by atoms with E-state index in [0.29, 0.717) is 23.2 Å². The van der Waals surface area contributed by atoms with Crippen molar-refractivity contribution in [3.8, 4) is 0 Å². The number of thioether (sulfide) groups is 1. The molecule has 0 aliphatic heterocycles. The molecule has 1 N–H and O–H groups in total. The van der Waals surface area contributed by atoms with Crippen molar-refractivity contribution in [1.29, 1.82) is 0 Å². The minimum absolute atomic E-state index is 0.296. The van der Waals surface area contributed by atoms with Gasteiger partial charge in [-0.25, -0.2) is 0 Å². The van der Waals surface area contributed by atoms with Gasteiger partial charge in [0.2, 0.25) is 0 Å². The van der Waals surface area contributed by atoms with Crippen molar-refractivity contribution < 1.29 is 5.11 Å². The Balaban J connectivity index is 4.05. The fourth-order valence-corrected chi connectivity index (χ4v) is 2.87. The number of hydrogen-bond donors (Lipinski definition) is 1. The average Bonchev–Trinajstić information content (AvgIpc) is 1.84. The van der Waals surface area contributed by atoms with Crippen LogP contribution in [-0.2, 0) is 0 Å². The minimum Gasteiger partial charge on any atom is -0.396 e. The summed E-state index contributed by atoms with van der Waals surface area (Å²) in [7, 11) is 0. The predicted molar refractivity (Wildman–Crippen MR) is 57.6 cm³/mol. The lowest BCUT2D eigenvalue weighted by atomic mass is 9.85. The van der Waals surface area contributed by atoms with E-state index in [9.17, 15) is 0 Å². The minimum atomic E-state index is 0.296. The molecule has 1 atom stereocenters. The molecule has 0 fully saturated rings. The first kappa shape index (κ1) is 12.3. The summed E-state index contributed by atoms with van der Waals surface area (Å²) in [4.78, 5) is 0. The first-order valence-corrected chi connectivity index (χ1v) is 5.67. The Kier molecular flexibility index (Phi) is 5.26. The van der Waals surface area contributed by atoms with Crippen molar-refractivity contribution >= 4 is 11.8 Å². The molecule has 0 bridgehead atoms. The van der Waals surface area contributed by atoms with E-state index in [-0.39, 0.29) is 0 Å². The molecule has 0 aromatic heterocycles. The molecule has 0 aromatic rings. The SMILES string of the molecule is CC(C)C(SCCO)C(C)(C)C. The molecule has 0 spiro atoms. The molecule has 74 valence electrons. The van der Waals surface area contributed by atoms with Gasteiger partial charge in [-0.2, -0.15) is 11.8 Å². The zero-order valence-corrected chi connectivity index (χ0v) is 9.74. The first-order valence-electron chi connectivity index (χ1n) is 4.62. The highest BCUT2D eigenvalue weighted by atomic mass is 32.2. The molecule has 0 saturated carbocycles. The molecule has 0 saturated heterocycles. The fourth-order valence-electron chi connectivity index (χ4n) is 1.62. The second kappa shape index (κ2) is 5.13. The number of rotatable bonds is 4. The third-order valence-corrected chi connectivity index (χ3v) is 3.88. The maximum absolute atomic E-state index is 8.74. The Bertz CT molecular complexity index is 115. The van der Waals surface area contributed by atoms with E-state index >= 15 is 0 Å². The van der Waals surface area contributed by atoms with Crippen LogP contribution in [0.25, 0.3) is 0 Å². The van der Waals surface area contributed by atoms with Crippen molar-refractivity contribution in [1.82, 2.24) is 0 Å². The molecule has 1 nitrogen and oxygen atoms in total. The third-order valence-electron chi connectivity index (χ3n) is 1.85. The molecule has 2 heteroatoms. The zero-order valence-electron chi connectivity index (χ0n) is 8.92. The molecule has 0 rings (SSSR count). The summed E-state index contributed by atoms with van der Waals surface area (Å²) in [6, 6.07) is 0. The maximum atomic E-state index is 8.74. The van der Waals surface area contributed by atoms with Crippen LogP contribution in [0.15, 0.2) is 0 Å². The van der Waals surface area contributed by atoms with Crippen LogP contribution in [0.5, 0.6) is 0 Å². The van der Waals surface area contributed by atoms with E-state index in [1.807, 2.05) is 11.8 Å². The van der Waals surface area contributed by atoms with Gasteiger partial charge in [0, 0.05) is 11.0 Å². The van der Waals surface area contributed by atoms with E-state index in [1.54, 1.807) is 0 Å². The van der Waals surface area contributed by atoms with Gasteiger partial charge in [-0.1, -0.05) is 34.6 Å². The lowest BCUT2D eigenvalue weighted by Crippen LogP contribution is -2.28. The highest BCUT2D eigenvalue weighted by Gasteiger charge is 2.27. The van der Waals surface area contributed by atoms with E-state index < -0.39 is 0 Å². The highest BCUT2D eigenvalue weighted by molar-refractivity contribution is 7.99. The van der Waals surface area contributed by atoms with Crippen LogP contribution in [0.4, 0.5) is 0 Å². The Hall–Kier alpha value is 0.310. The predicted octanol–water partition coefficient (Wildman–Crippen LogP) is 2.78. The van der Waals surface area contributed by atoms with Crippen LogP contribution < -0.4 is 0 Å². The molecular formula is C10H22OS. The van der Waals surface area contributed by atoms with Crippen molar-refractivity contribution in [2.45, 2.75) is 39.9 Å². The van der Waals surface area contributed by atoms with E-state index in [0.717, 1.165) is 5.75 Å². The molecule has 0 aromatic carbocycles. The topological polar surface area (TPSA) is 20.2 Å². The van der Waals surface area contributed by atoms with Gasteiger partial charge in [0.25, 0.3) is 0 Å². The number of hydrogen-bond acceptors (Lipinski definition) is 2. The van der Waals surface area contributed by atoms with Crippen molar-refractivity contribution in [3.63, 3.8) is 0 Å². The summed E-state index contributed by atoms with van der Waals surface area (Å²) in [6.07, 6.45) is 0. The molecule has 0 amide bonds. The number of aliphatic hydroxyl groups excluding tert-OH is 1. The van der Waals surface area contributed by atoms with Gasteiger partial charge in [-0.3, -0.25) is 0 Å². The standard InChI is InChI=1S/C10H22OS/c1-8(2)9(10(3,4)5)12-7-6-11/h8-9,11H,6-7H2,1-5H3. The molecular weight excluding hydrogens is 168 g/mol. The second-order valence-electron chi connectivity index (χ2n) is 4.63. The summed E-state index contributed by atoms with van der Waals surface area (Å²) < 4.78 is 0. The molecule has 0 radical (unpaired) electrons. The van der Waals surface area contributed by atoms with Gasteiger partial charge < -0.3 is 5.11 Å². The van der Waals surface area contributed by atoms with Crippen molar-refractivity contribution in [2.24, 2.45) is 11.3 Å². The number of aliphatic hydroxyl groups is 1. The van der Waals surface area contributed by atoms with Crippen LogP contribution in [-0.4, -0.2) is 22.7 Å². The Labute approximate surface area is 80.9 Å². The summed E-state index contributed by atoms with van der Waals surface area (Å²) in [5.41, 5.74) is 0.341. The van der Waals surface area contributed by atoms with Gasteiger partial charge in [0.15, 0.2) is 0 Å². The van der Waals surface area contributed by atoms with Gasteiger partial charge in [0.05, 0.1) is 6.61 Å². The van der Waals surface area contributed by atoms with Crippen molar-refractivity contribution in [2.75, 3.05) is 12.4 Å². The highest BCUT2D eigenvalue weighted by Crippen LogP contribution is 2.35. The monoisotopic (exact) mass is 190 g/mol. The van der Waals surface area contributed by atoms with Crippen molar-refractivity contribution in [3.05, 3.63) is 0 Å². The lowest BCUT2D eigenvalue weighted by molar-refractivity contribution is 0.316.